The Balaban J connectivity index is 1.68. The molecule has 0 saturated heterocycles. The molecule has 0 saturated carbocycles. The van der Waals surface area contributed by atoms with Crippen molar-refractivity contribution in [2.24, 2.45) is 0 Å². The van der Waals surface area contributed by atoms with Gasteiger partial charge in [0.15, 0.2) is 13.6 Å². The molecular formula is C36H40N4O5. The smallest absolute Gasteiger partial charge is 0.268 e. The number of ether oxygens (including phenoxy) is 4. The number of likely N-dealkylation sites (N-methyl/N-ethyl adjacent to an activating group) is 1. The van der Waals surface area contributed by atoms with E-state index in [0.29, 0.717) is 30.3 Å². The van der Waals surface area contributed by atoms with Crippen molar-refractivity contribution in [3.63, 3.8) is 0 Å². The highest BCUT2D eigenvalue weighted by Gasteiger charge is 2.30. The summed E-state index contributed by atoms with van der Waals surface area (Å²) in [6.07, 6.45) is 3.50. The van der Waals surface area contributed by atoms with Gasteiger partial charge in [-0.15, -0.1) is 0 Å². The molecule has 3 aromatic carbocycles. The van der Waals surface area contributed by atoms with Crippen molar-refractivity contribution in [1.29, 1.82) is 0 Å². The molecule has 234 valence electrons. The van der Waals surface area contributed by atoms with Crippen molar-refractivity contribution in [1.82, 2.24) is 19.8 Å². The van der Waals surface area contributed by atoms with E-state index in [-0.39, 0.29) is 25.4 Å². The number of hydrogen-bond acceptors (Lipinski definition) is 7. The Morgan fingerprint density at radius 1 is 0.844 bits per heavy atom. The summed E-state index contributed by atoms with van der Waals surface area (Å²) in [5, 5.41) is 4.21. The van der Waals surface area contributed by atoms with Crippen molar-refractivity contribution < 1.29 is 23.7 Å². The first kappa shape index (κ1) is 31.7. The first-order valence-corrected chi connectivity index (χ1v) is 14.9. The van der Waals surface area contributed by atoms with Crippen LogP contribution in [0.4, 0.5) is 0 Å². The average molecular weight is 609 g/mol. The molecule has 9 nitrogen and oxygen atoms in total. The van der Waals surface area contributed by atoms with Gasteiger partial charge in [0.2, 0.25) is 0 Å². The van der Waals surface area contributed by atoms with Crippen LogP contribution in [0.25, 0.3) is 10.9 Å². The number of benzene rings is 3. The summed E-state index contributed by atoms with van der Waals surface area (Å²) in [5.74, 6) is 0.979. The van der Waals surface area contributed by atoms with Gasteiger partial charge in [-0.25, -0.2) is 0 Å². The molecule has 2 aromatic heterocycles. The molecule has 0 aliphatic carbocycles. The van der Waals surface area contributed by atoms with Gasteiger partial charge in [-0.3, -0.25) is 9.78 Å². The number of nitrogens with zero attached hydrogens (tertiary/aromatic N) is 3. The summed E-state index contributed by atoms with van der Waals surface area (Å²) >= 11 is 0. The number of amides is 1. The maximum atomic E-state index is 14.4. The number of pyridine rings is 1. The van der Waals surface area contributed by atoms with Gasteiger partial charge < -0.3 is 33.7 Å². The lowest BCUT2D eigenvalue weighted by Gasteiger charge is -2.22. The fourth-order valence-corrected chi connectivity index (χ4v) is 5.46. The molecule has 45 heavy (non-hydrogen) atoms. The predicted molar refractivity (Wildman–Crippen MR) is 175 cm³/mol. The van der Waals surface area contributed by atoms with Gasteiger partial charge in [0.05, 0.1) is 0 Å². The van der Waals surface area contributed by atoms with Crippen LogP contribution in [0.5, 0.6) is 11.5 Å². The van der Waals surface area contributed by atoms with Gasteiger partial charge >= 0.3 is 0 Å². The van der Waals surface area contributed by atoms with Gasteiger partial charge in [0, 0.05) is 68.6 Å². The second-order valence-electron chi connectivity index (χ2n) is 11.0. The van der Waals surface area contributed by atoms with Gasteiger partial charge in [-0.05, 0) is 67.2 Å². The average Bonchev–Trinajstić information content (AvgIpc) is 3.40. The van der Waals surface area contributed by atoms with Crippen molar-refractivity contribution in [3.05, 3.63) is 125 Å². The Bertz CT molecular complexity index is 1620. The monoisotopic (exact) mass is 608 g/mol. The van der Waals surface area contributed by atoms with E-state index in [1.807, 2.05) is 86.9 Å². The van der Waals surface area contributed by atoms with E-state index in [4.69, 9.17) is 18.9 Å². The summed E-state index contributed by atoms with van der Waals surface area (Å²) in [6, 6.07) is 28.0. The maximum Gasteiger partial charge on any atom is 0.268 e. The first-order valence-electron chi connectivity index (χ1n) is 14.9. The van der Waals surface area contributed by atoms with Crippen molar-refractivity contribution in [3.8, 4) is 11.5 Å². The Kier molecular flexibility index (Phi) is 10.8. The normalized spacial score (nSPS) is 11.3. The van der Waals surface area contributed by atoms with Crippen LogP contribution in [-0.4, -0.2) is 68.8 Å². The molecule has 0 aliphatic heterocycles. The molecule has 5 rings (SSSR count). The molecule has 0 radical (unpaired) electrons. The van der Waals surface area contributed by atoms with E-state index in [9.17, 15) is 4.79 Å². The van der Waals surface area contributed by atoms with E-state index >= 15 is 0 Å². The standard InChI is InChI=1S/C36H40N4O5/c1-39(2)20-21-40-32-10-6-5-9-31(32)34(35(40)36(41)38-23-26-8-7-19-37-22-26)33(27-11-15-29(16-12-27)44-24-42-3)28-13-17-30(18-14-28)45-25-43-4/h5-19,22,33H,20-21,23-25H2,1-4H3,(H,38,41). The zero-order valence-corrected chi connectivity index (χ0v) is 26.2. The van der Waals surface area contributed by atoms with Crippen LogP contribution in [0.3, 0.4) is 0 Å². The number of aromatic nitrogens is 2. The zero-order valence-electron chi connectivity index (χ0n) is 26.2. The largest absolute Gasteiger partial charge is 0.468 e. The van der Waals surface area contributed by atoms with Crippen LogP contribution in [0, 0.1) is 0 Å². The van der Waals surface area contributed by atoms with Crippen LogP contribution in [0.1, 0.15) is 38.7 Å². The Labute approximate surface area is 264 Å². The minimum absolute atomic E-state index is 0.145. The molecule has 0 aliphatic rings. The Morgan fingerprint density at radius 3 is 2.02 bits per heavy atom. The van der Waals surface area contributed by atoms with E-state index < -0.39 is 0 Å². The summed E-state index contributed by atoms with van der Waals surface area (Å²) in [5.41, 5.74) is 5.53. The molecular weight excluding hydrogens is 568 g/mol. The molecule has 5 aromatic rings. The minimum Gasteiger partial charge on any atom is -0.468 e. The number of fused-ring (bicyclic) bond motifs is 1. The van der Waals surface area contributed by atoms with Crippen LogP contribution >= 0.6 is 0 Å². The number of hydrogen-bond donors (Lipinski definition) is 1. The number of nitrogens with one attached hydrogen (secondary N) is 1. The van der Waals surface area contributed by atoms with Crippen LogP contribution in [0.15, 0.2) is 97.3 Å². The first-order chi connectivity index (χ1) is 22.0. The molecule has 1 N–H and O–H groups in total. The second-order valence-corrected chi connectivity index (χ2v) is 11.0. The second kappa shape index (κ2) is 15.3. The van der Waals surface area contributed by atoms with E-state index in [1.54, 1.807) is 26.6 Å². The fourth-order valence-electron chi connectivity index (χ4n) is 5.46. The van der Waals surface area contributed by atoms with Gasteiger partial charge in [-0.2, -0.15) is 0 Å². The lowest BCUT2D eigenvalue weighted by atomic mass is 9.83. The zero-order chi connectivity index (χ0) is 31.6. The third-order valence-corrected chi connectivity index (χ3v) is 7.57. The van der Waals surface area contributed by atoms with E-state index in [0.717, 1.165) is 39.7 Å². The van der Waals surface area contributed by atoms with Crippen molar-refractivity contribution in [2.45, 2.75) is 19.0 Å². The summed E-state index contributed by atoms with van der Waals surface area (Å²) in [4.78, 5) is 20.7. The van der Waals surface area contributed by atoms with Crippen LogP contribution < -0.4 is 14.8 Å². The highest BCUT2D eigenvalue weighted by Crippen LogP contribution is 2.41. The number of para-hydroxylation sites is 1. The number of carbonyl (C=O) groups excluding carboxylic acids is 1. The molecule has 0 atom stereocenters. The highest BCUT2D eigenvalue weighted by molar-refractivity contribution is 6.02. The van der Waals surface area contributed by atoms with Gasteiger partial charge in [-0.1, -0.05) is 48.5 Å². The van der Waals surface area contributed by atoms with Crippen LogP contribution in [0.2, 0.25) is 0 Å². The number of methoxy groups -OCH3 is 2. The molecule has 0 unspecified atom stereocenters. The number of carbonyl (C=O) groups is 1. The van der Waals surface area contributed by atoms with Crippen LogP contribution in [-0.2, 0) is 22.6 Å². The van der Waals surface area contributed by atoms with Crippen molar-refractivity contribution in [2.75, 3.05) is 48.4 Å². The van der Waals surface area contributed by atoms with E-state index in [1.165, 1.54) is 0 Å². The topological polar surface area (TPSA) is 87.1 Å². The summed E-state index contributed by atoms with van der Waals surface area (Å²) in [6.45, 7) is 2.09. The van der Waals surface area contributed by atoms with Crippen molar-refractivity contribution >= 4 is 16.8 Å². The molecule has 9 heteroatoms. The molecule has 0 spiro atoms. The van der Waals surface area contributed by atoms with Gasteiger partial charge in [0.1, 0.15) is 17.2 Å². The Hall–Kier alpha value is -4.70. The Morgan fingerprint density at radius 2 is 1.47 bits per heavy atom. The molecule has 0 fully saturated rings. The fraction of sp³-hybridized carbons (Fsp3) is 0.278. The highest BCUT2D eigenvalue weighted by atomic mass is 16.7. The third kappa shape index (κ3) is 7.69. The summed E-state index contributed by atoms with van der Waals surface area (Å²) in [7, 11) is 7.27. The number of rotatable bonds is 15. The summed E-state index contributed by atoms with van der Waals surface area (Å²) < 4.78 is 23.7. The van der Waals surface area contributed by atoms with E-state index in [2.05, 4.69) is 31.9 Å². The predicted octanol–water partition coefficient (Wildman–Crippen LogP) is 5.67. The quantitative estimate of drug-likeness (QED) is 0.153. The molecule has 0 bridgehead atoms. The molecule has 2 heterocycles. The third-order valence-electron chi connectivity index (χ3n) is 7.57. The van der Waals surface area contributed by atoms with Gasteiger partial charge in [0.25, 0.3) is 5.91 Å². The molecule has 1 amide bonds. The SMILES string of the molecule is COCOc1ccc(C(c2ccc(OCOC)cc2)c2c(C(=O)NCc3cccnc3)n(CCN(C)C)c3ccccc23)cc1. The lowest BCUT2D eigenvalue weighted by molar-refractivity contribution is 0.0509. The maximum absolute atomic E-state index is 14.4. The minimum atomic E-state index is -0.275. The lowest BCUT2D eigenvalue weighted by Crippen LogP contribution is -2.29.